The number of unbranched alkanes of at least 4 members (excludes halogenated alkanes) is 1. The molecular formula is C31H31ClN2O5. The molecule has 0 amide bonds. The van der Waals surface area contributed by atoms with Crippen LogP contribution in [0.1, 0.15) is 57.6 Å². The number of hydrogen-bond acceptors (Lipinski definition) is 6. The Morgan fingerprint density at radius 3 is 2.31 bits per heavy atom. The van der Waals surface area contributed by atoms with Gasteiger partial charge in [-0.3, -0.25) is 0 Å². The number of benzene rings is 3. The van der Waals surface area contributed by atoms with Gasteiger partial charge in [0.25, 0.3) is 0 Å². The Bertz CT molecular complexity index is 1450. The van der Waals surface area contributed by atoms with E-state index >= 15 is 0 Å². The molecule has 3 aromatic carbocycles. The van der Waals surface area contributed by atoms with Gasteiger partial charge in [0.1, 0.15) is 23.7 Å². The first kappa shape index (κ1) is 27.9. The van der Waals surface area contributed by atoms with Crippen LogP contribution in [0.3, 0.4) is 0 Å². The van der Waals surface area contributed by atoms with Crippen LogP contribution in [0, 0.1) is 0 Å². The lowest BCUT2D eigenvalue weighted by Crippen LogP contribution is -2.13. The van der Waals surface area contributed by atoms with Gasteiger partial charge in [0.2, 0.25) is 0 Å². The van der Waals surface area contributed by atoms with Crippen LogP contribution >= 0.6 is 11.6 Å². The molecule has 1 aromatic heterocycles. The molecule has 4 aromatic rings. The summed E-state index contributed by atoms with van der Waals surface area (Å²) in [4.78, 5) is 29.6. The van der Waals surface area contributed by atoms with Crippen molar-refractivity contribution in [1.29, 1.82) is 0 Å². The number of carbonyl (C=O) groups is 2. The van der Waals surface area contributed by atoms with Crippen molar-refractivity contribution < 1.29 is 23.8 Å². The molecule has 0 unspecified atom stereocenters. The van der Waals surface area contributed by atoms with Crippen molar-refractivity contribution in [2.75, 3.05) is 14.2 Å². The molecule has 202 valence electrons. The molecule has 0 spiro atoms. The molecule has 8 heteroatoms. The van der Waals surface area contributed by atoms with E-state index in [4.69, 9.17) is 25.8 Å². The highest BCUT2D eigenvalue weighted by atomic mass is 35.5. The maximum absolute atomic E-state index is 12.7. The molecular weight excluding hydrogens is 516 g/mol. The topological polar surface area (TPSA) is 79.7 Å². The molecule has 1 heterocycles. The van der Waals surface area contributed by atoms with Crippen molar-refractivity contribution in [3.05, 3.63) is 106 Å². The highest BCUT2D eigenvalue weighted by Crippen LogP contribution is 2.28. The predicted molar refractivity (Wildman–Crippen MR) is 150 cm³/mol. The maximum Gasteiger partial charge on any atom is 0.341 e. The van der Waals surface area contributed by atoms with Crippen molar-refractivity contribution in [3.63, 3.8) is 0 Å². The Hall–Kier alpha value is -4.10. The first-order valence-corrected chi connectivity index (χ1v) is 13.1. The summed E-state index contributed by atoms with van der Waals surface area (Å²) in [5.74, 6) is 0.327. The van der Waals surface area contributed by atoms with Crippen molar-refractivity contribution in [2.45, 2.75) is 39.3 Å². The molecule has 0 bridgehead atoms. The number of esters is 2. The smallest absolute Gasteiger partial charge is 0.341 e. The van der Waals surface area contributed by atoms with Crippen LogP contribution in [-0.2, 0) is 29.0 Å². The lowest BCUT2D eigenvalue weighted by atomic mass is 9.97. The number of methoxy groups -OCH3 is 2. The van der Waals surface area contributed by atoms with Crippen molar-refractivity contribution in [1.82, 2.24) is 9.55 Å². The molecule has 0 N–H and O–H groups in total. The summed E-state index contributed by atoms with van der Waals surface area (Å²) in [6, 6.07) is 22.4. The first-order valence-electron chi connectivity index (χ1n) is 12.8. The number of ether oxygens (including phenoxy) is 3. The molecule has 39 heavy (non-hydrogen) atoms. The number of nitrogens with zero attached hydrogens (tertiary/aromatic N) is 2. The van der Waals surface area contributed by atoms with E-state index in [0.717, 1.165) is 41.8 Å². The van der Waals surface area contributed by atoms with Gasteiger partial charge in [-0.2, -0.15) is 0 Å². The van der Waals surface area contributed by atoms with Gasteiger partial charge >= 0.3 is 11.9 Å². The molecule has 0 radical (unpaired) electrons. The largest absolute Gasteiger partial charge is 0.486 e. The summed E-state index contributed by atoms with van der Waals surface area (Å²) >= 11 is 6.62. The quantitative estimate of drug-likeness (QED) is 0.194. The van der Waals surface area contributed by atoms with Crippen molar-refractivity contribution in [3.8, 4) is 16.9 Å². The highest BCUT2D eigenvalue weighted by molar-refractivity contribution is 6.30. The van der Waals surface area contributed by atoms with E-state index in [2.05, 4.69) is 11.9 Å². The van der Waals surface area contributed by atoms with Crippen LogP contribution in [0.15, 0.2) is 72.8 Å². The summed E-state index contributed by atoms with van der Waals surface area (Å²) in [6.45, 7) is 2.64. The zero-order valence-electron chi connectivity index (χ0n) is 22.3. The van der Waals surface area contributed by atoms with Crippen LogP contribution in [0.25, 0.3) is 11.1 Å². The number of para-hydroxylation sites is 1. The minimum Gasteiger partial charge on any atom is -0.486 e. The Morgan fingerprint density at radius 1 is 0.897 bits per heavy atom. The Balaban J connectivity index is 1.70. The van der Waals surface area contributed by atoms with Crippen molar-refractivity contribution >= 4 is 23.5 Å². The number of hydrogen-bond donors (Lipinski definition) is 0. The minimum atomic E-state index is -0.484. The zero-order valence-corrected chi connectivity index (χ0v) is 23.0. The molecule has 0 atom stereocenters. The van der Waals surface area contributed by atoms with Gasteiger partial charge in [0.15, 0.2) is 5.15 Å². The predicted octanol–water partition coefficient (Wildman–Crippen LogP) is 6.75. The van der Waals surface area contributed by atoms with E-state index < -0.39 is 11.9 Å². The van der Waals surface area contributed by atoms with Crippen LogP contribution in [0.4, 0.5) is 0 Å². The van der Waals surface area contributed by atoms with Crippen LogP contribution in [0.5, 0.6) is 5.75 Å². The van der Waals surface area contributed by atoms with Gasteiger partial charge in [-0.05, 0) is 41.3 Å². The summed E-state index contributed by atoms with van der Waals surface area (Å²) in [5.41, 5.74) is 4.09. The third-order valence-electron chi connectivity index (χ3n) is 6.43. The Labute approximate surface area is 233 Å². The van der Waals surface area contributed by atoms with E-state index in [1.165, 1.54) is 14.2 Å². The molecule has 0 aliphatic heterocycles. The Kier molecular flexibility index (Phi) is 9.39. The fraction of sp³-hybridized carbons (Fsp3) is 0.258. The zero-order chi connectivity index (χ0) is 27.8. The highest BCUT2D eigenvalue weighted by Gasteiger charge is 2.20. The van der Waals surface area contributed by atoms with E-state index in [9.17, 15) is 9.59 Å². The third kappa shape index (κ3) is 6.49. The first-order chi connectivity index (χ1) is 19.0. The molecule has 0 saturated carbocycles. The van der Waals surface area contributed by atoms with Gasteiger partial charge in [-0.15, -0.1) is 0 Å². The number of carbonyl (C=O) groups excluding carboxylic acids is 2. The van der Waals surface area contributed by atoms with E-state index in [-0.39, 0.29) is 6.61 Å². The SMILES string of the molecule is CCCCc1nc(Cl)c(COc2ccccc2C(=O)OC)n1Cc1ccc(-c2ccccc2)c(C(=O)OC)c1. The second-order valence-electron chi connectivity index (χ2n) is 8.97. The van der Waals surface area contributed by atoms with E-state index in [1.54, 1.807) is 24.3 Å². The fourth-order valence-corrected chi connectivity index (χ4v) is 4.65. The lowest BCUT2D eigenvalue weighted by molar-refractivity contribution is 0.0588. The molecule has 0 aliphatic rings. The van der Waals surface area contributed by atoms with Gasteiger partial charge in [-0.25, -0.2) is 14.6 Å². The second-order valence-corrected chi connectivity index (χ2v) is 9.33. The van der Waals surface area contributed by atoms with E-state index in [0.29, 0.717) is 34.3 Å². The standard InChI is InChI=1S/C31H31ClN2O5/c1-4-5-15-28-33-29(32)26(20-39-27-14-10-9-13-24(27)30(35)37-2)34(28)19-21-16-17-23(22-11-7-6-8-12-22)25(18-21)31(36)38-3/h6-14,16-18H,4-5,15,19-20H2,1-3H3. The summed E-state index contributed by atoms with van der Waals surface area (Å²) < 4.78 is 18.1. The monoisotopic (exact) mass is 546 g/mol. The van der Waals surface area contributed by atoms with Gasteiger partial charge in [-0.1, -0.05) is 79.5 Å². The average molecular weight is 547 g/mol. The fourth-order valence-electron chi connectivity index (χ4n) is 4.39. The number of aromatic nitrogens is 2. The normalized spacial score (nSPS) is 10.8. The maximum atomic E-state index is 12.7. The molecule has 7 nitrogen and oxygen atoms in total. The van der Waals surface area contributed by atoms with Gasteiger partial charge in [0, 0.05) is 13.0 Å². The number of imidazole rings is 1. The Morgan fingerprint density at radius 2 is 1.59 bits per heavy atom. The second kappa shape index (κ2) is 13.1. The van der Waals surface area contributed by atoms with Crippen LogP contribution < -0.4 is 4.74 Å². The third-order valence-corrected chi connectivity index (χ3v) is 6.73. The van der Waals surface area contributed by atoms with Crippen LogP contribution in [0.2, 0.25) is 5.15 Å². The molecule has 0 saturated heterocycles. The lowest BCUT2D eigenvalue weighted by Gasteiger charge is -2.16. The van der Waals surface area contributed by atoms with E-state index in [1.807, 2.05) is 53.1 Å². The van der Waals surface area contributed by atoms with Crippen molar-refractivity contribution in [2.24, 2.45) is 0 Å². The number of aryl methyl sites for hydroxylation is 1. The number of halogens is 1. The molecule has 0 aliphatic carbocycles. The summed E-state index contributed by atoms with van der Waals surface area (Å²) in [6.07, 6.45) is 2.68. The summed E-state index contributed by atoms with van der Waals surface area (Å²) in [7, 11) is 2.71. The summed E-state index contributed by atoms with van der Waals surface area (Å²) in [5, 5.41) is 0.339. The minimum absolute atomic E-state index is 0.0952. The molecule has 0 fully saturated rings. The van der Waals surface area contributed by atoms with Gasteiger partial charge in [0.05, 0.1) is 25.5 Å². The number of rotatable bonds is 11. The average Bonchev–Trinajstić information content (AvgIpc) is 3.27. The van der Waals surface area contributed by atoms with Gasteiger partial charge < -0.3 is 18.8 Å². The molecule has 4 rings (SSSR count). The van der Waals surface area contributed by atoms with Crippen LogP contribution in [-0.4, -0.2) is 35.7 Å².